The number of carbonyl (C=O) groups excluding carboxylic acids is 1. The van der Waals surface area contributed by atoms with Crippen molar-refractivity contribution in [3.05, 3.63) is 89.9 Å². The van der Waals surface area contributed by atoms with E-state index in [0.717, 1.165) is 40.9 Å². The predicted molar refractivity (Wildman–Crippen MR) is 129 cm³/mol. The van der Waals surface area contributed by atoms with Crippen LogP contribution in [0.5, 0.6) is 0 Å². The summed E-state index contributed by atoms with van der Waals surface area (Å²) in [5.41, 5.74) is 3.54. The molecule has 4 aromatic rings. The number of nitrogens with one attached hydrogen (secondary N) is 1. The van der Waals surface area contributed by atoms with Gasteiger partial charge in [0.2, 0.25) is 0 Å². The normalized spacial score (nSPS) is 14.2. The maximum Gasteiger partial charge on any atom is 0.321 e. The smallest absolute Gasteiger partial charge is 0.321 e. The number of piperazine rings is 1. The van der Waals surface area contributed by atoms with Gasteiger partial charge in [0, 0.05) is 31.6 Å². The maximum absolute atomic E-state index is 13.6. The molecule has 0 spiro atoms. The summed E-state index contributed by atoms with van der Waals surface area (Å²) >= 11 is 0. The van der Waals surface area contributed by atoms with Crippen LogP contribution in [0.2, 0.25) is 0 Å². The average Bonchev–Trinajstić information content (AvgIpc) is 3.26. The molecule has 2 heterocycles. The molecule has 1 N–H and O–H groups in total. The molecule has 3 aromatic carbocycles. The molecule has 0 bridgehead atoms. The lowest BCUT2D eigenvalue weighted by Gasteiger charge is -2.34. The Bertz CT molecular complexity index is 1380. The summed E-state index contributed by atoms with van der Waals surface area (Å²) in [7, 11) is 0. The third kappa shape index (κ3) is 4.63. The van der Waals surface area contributed by atoms with Crippen LogP contribution in [0.15, 0.2) is 77.2 Å². The average molecular weight is 455 g/mol. The second kappa shape index (κ2) is 9.38. The molecule has 1 fully saturated rings. The Morgan fingerprint density at radius 3 is 2.56 bits per heavy atom. The molecule has 0 saturated carbocycles. The number of hydrogen-bond donors (Lipinski definition) is 1. The molecular formula is C27H23FN4O2. The van der Waals surface area contributed by atoms with Gasteiger partial charge in [-0.05, 0) is 53.6 Å². The lowest BCUT2D eigenvalue weighted by atomic mass is 10.0. The molecule has 1 saturated heterocycles. The summed E-state index contributed by atoms with van der Waals surface area (Å²) in [4.78, 5) is 16.6. The first-order valence-corrected chi connectivity index (χ1v) is 11.1. The van der Waals surface area contributed by atoms with Crippen molar-refractivity contribution >= 4 is 22.7 Å². The molecule has 0 unspecified atom stereocenters. The molecule has 1 aliphatic rings. The van der Waals surface area contributed by atoms with Crippen LogP contribution >= 0.6 is 0 Å². The van der Waals surface area contributed by atoms with Crippen molar-refractivity contribution < 1.29 is 13.6 Å². The molecule has 0 aliphatic carbocycles. The molecule has 2 amide bonds. The van der Waals surface area contributed by atoms with Gasteiger partial charge in [-0.3, -0.25) is 4.90 Å². The molecule has 7 heteroatoms. The SMILES string of the molecule is N#Cc1ccccc1NC(=O)N1CCN(Cc2cc3cc(-c4cccc(F)c4)ccc3o2)CC1. The van der Waals surface area contributed by atoms with Crippen molar-refractivity contribution in [3.8, 4) is 17.2 Å². The summed E-state index contributed by atoms with van der Waals surface area (Å²) in [6, 6.07) is 23.3. The summed E-state index contributed by atoms with van der Waals surface area (Å²) in [5.74, 6) is 0.597. The summed E-state index contributed by atoms with van der Waals surface area (Å²) < 4.78 is 19.6. The first kappa shape index (κ1) is 21.7. The second-order valence-electron chi connectivity index (χ2n) is 8.33. The molecular weight excluding hydrogens is 431 g/mol. The molecule has 5 rings (SSSR count). The number of amides is 2. The molecule has 6 nitrogen and oxygen atoms in total. The van der Waals surface area contributed by atoms with Gasteiger partial charge in [-0.15, -0.1) is 0 Å². The van der Waals surface area contributed by atoms with E-state index in [9.17, 15) is 14.4 Å². The maximum atomic E-state index is 13.6. The lowest BCUT2D eigenvalue weighted by Crippen LogP contribution is -2.49. The van der Waals surface area contributed by atoms with Gasteiger partial charge < -0.3 is 14.6 Å². The largest absolute Gasteiger partial charge is 0.460 e. The second-order valence-corrected chi connectivity index (χ2v) is 8.33. The van der Waals surface area contributed by atoms with Crippen molar-refractivity contribution in [2.45, 2.75) is 6.54 Å². The zero-order chi connectivity index (χ0) is 23.5. The molecule has 1 aromatic heterocycles. The Morgan fingerprint density at radius 1 is 0.971 bits per heavy atom. The molecule has 170 valence electrons. The van der Waals surface area contributed by atoms with Crippen LogP contribution in [0.25, 0.3) is 22.1 Å². The van der Waals surface area contributed by atoms with Gasteiger partial charge in [0.25, 0.3) is 0 Å². The minimum Gasteiger partial charge on any atom is -0.460 e. The standard InChI is InChI=1S/C27H23FN4O2/c28-23-6-3-5-19(15-23)20-8-9-26-22(14-20)16-24(34-26)18-31-10-12-32(13-11-31)27(33)30-25-7-2-1-4-21(25)17-29/h1-9,14-16H,10-13,18H2,(H,30,33). The number of fused-ring (bicyclic) bond motifs is 1. The Kier molecular flexibility index (Phi) is 5.98. The van der Waals surface area contributed by atoms with Crippen molar-refractivity contribution in [1.82, 2.24) is 9.80 Å². The lowest BCUT2D eigenvalue weighted by molar-refractivity contribution is 0.137. The number of para-hydroxylation sites is 1. The number of urea groups is 1. The van der Waals surface area contributed by atoms with E-state index >= 15 is 0 Å². The fourth-order valence-corrected chi connectivity index (χ4v) is 4.24. The van der Waals surface area contributed by atoms with Crippen LogP contribution in [0.1, 0.15) is 11.3 Å². The zero-order valence-corrected chi connectivity index (χ0v) is 18.5. The van der Waals surface area contributed by atoms with Gasteiger partial charge in [-0.1, -0.05) is 30.3 Å². The number of nitrogens with zero attached hydrogens (tertiary/aromatic N) is 3. The summed E-state index contributed by atoms with van der Waals surface area (Å²) in [5, 5.41) is 13.0. The van der Waals surface area contributed by atoms with E-state index < -0.39 is 0 Å². The van der Waals surface area contributed by atoms with E-state index in [-0.39, 0.29) is 11.8 Å². The quantitative estimate of drug-likeness (QED) is 0.444. The fraction of sp³-hybridized carbons (Fsp3) is 0.185. The van der Waals surface area contributed by atoms with Crippen molar-refractivity contribution in [2.75, 3.05) is 31.5 Å². The molecule has 34 heavy (non-hydrogen) atoms. The van der Waals surface area contributed by atoms with Crippen LogP contribution < -0.4 is 5.32 Å². The Morgan fingerprint density at radius 2 is 1.76 bits per heavy atom. The Hall–Kier alpha value is -4.15. The van der Waals surface area contributed by atoms with Crippen molar-refractivity contribution in [3.63, 3.8) is 0 Å². The Labute approximate surface area is 196 Å². The molecule has 1 aliphatic heterocycles. The van der Waals surface area contributed by atoms with Gasteiger partial charge >= 0.3 is 6.03 Å². The van der Waals surface area contributed by atoms with E-state index in [1.54, 1.807) is 35.2 Å². The van der Waals surface area contributed by atoms with Crippen molar-refractivity contribution in [2.24, 2.45) is 0 Å². The fourth-order valence-electron chi connectivity index (χ4n) is 4.24. The third-order valence-electron chi connectivity index (χ3n) is 6.05. The van der Waals surface area contributed by atoms with Crippen LogP contribution in [-0.4, -0.2) is 42.0 Å². The van der Waals surface area contributed by atoms with Crippen LogP contribution in [-0.2, 0) is 6.54 Å². The number of rotatable bonds is 4. The first-order chi connectivity index (χ1) is 16.6. The topological polar surface area (TPSA) is 72.5 Å². The summed E-state index contributed by atoms with van der Waals surface area (Å²) in [6.07, 6.45) is 0. The number of hydrogen-bond acceptors (Lipinski definition) is 4. The Balaban J connectivity index is 1.20. The van der Waals surface area contributed by atoms with E-state index in [0.29, 0.717) is 30.9 Å². The predicted octanol–water partition coefficient (Wildman–Crippen LogP) is 5.46. The van der Waals surface area contributed by atoms with Crippen LogP contribution in [0.4, 0.5) is 14.9 Å². The monoisotopic (exact) mass is 454 g/mol. The molecule has 0 atom stereocenters. The van der Waals surface area contributed by atoms with E-state index in [2.05, 4.69) is 16.3 Å². The minimum absolute atomic E-state index is 0.198. The highest BCUT2D eigenvalue weighted by molar-refractivity contribution is 5.91. The summed E-state index contributed by atoms with van der Waals surface area (Å²) in [6.45, 7) is 3.27. The van der Waals surface area contributed by atoms with Gasteiger partial charge in [0.1, 0.15) is 23.2 Å². The van der Waals surface area contributed by atoms with Gasteiger partial charge in [-0.2, -0.15) is 5.26 Å². The number of halogens is 1. The van der Waals surface area contributed by atoms with E-state index in [4.69, 9.17) is 4.42 Å². The highest BCUT2D eigenvalue weighted by Gasteiger charge is 2.22. The van der Waals surface area contributed by atoms with Gasteiger partial charge in [0.15, 0.2) is 0 Å². The van der Waals surface area contributed by atoms with E-state index in [1.807, 2.05) is 30.3 Å². The van der Waals surface area contributed by atoms with Gasteiger partial charge in [0.05, 0.1) is 17.8 Å². The molecule has 0 radical (unpaired) electrons. The van der Waals surface area contributed by atoms with Gasteiger partial charge in [-0.25, -0.2) is 9.18 Å². The minimum atomic E-state index is -0.257. The highest BCUT2D eigenvalue weighted by atomic mass is 19.1. The van der Waals surface area contributed by atoms with Crippen molar-refractivity contribution in [1.29, 1.82) is 5.26 Å². The van der Waals surface area contributed by atoms with Crippen LogP contribution in [0.3, 0.4) is 0 Å². The number of benzene rings is 3. The third-order valence-corrected chi connectivity index (χ3v) is 6.05. The first-order valence-electron chi connectivity index (χ1n) is 11.1. The zero-order valence-electron chi connectivity index (χ0n) is 18.5. The highest BCUT2D eigenvalue weighted by Crippen LogP contribution is 2.28. The number of furan rings is 1. The van der Waals surface area contributed by atoms with Crippen LogP contribution in [0, 0.1) is 17.1 Å². The number of nitriles is 1. The number of carbonyl (C=O) groups is 1. The van der Waals surface area contributed by atoms with E-state index in [1.165, 1.54) is 12.1 Å². The number of anilines is 1.